The molecule has 0 spiro atoms. The molecule has 2 heterocycles. The zero-order chi connectivity index (χ0) is 20.8. The second kappa shape index (κ2) is 9.98. The van der Waals surface area contributed by atoms with E-state index in [1.54, 1.807) is 35.6 Å². The van der Waals surface area contributed by atoms with Crippen molar-refractivity contribution in [2.75, 3.05) is 11.5 Å². The van der Waals surface area contributed by atoms with E-state index in [2.05, 4.69) is 32.3 Å². The molecule has 0 radical (unpaired) electrons. The van der Waals surface area contributed by atoms with Crippen LogP contribution in [0.2, 0.25) is 0 Å². The molecule has 30 heavy (non-hydrogen) atoms. The van der Waals surface area contributed by atoms with Crippen LogP contribution in [0.3, 0.4) is 0 Å². The Morgan fingerprint density at radius 1 is 1.07 bits per heavy atom. The number of hydrogen-bond donors (Lipinski definition) is 0. The standard InChI is InChI=1S/C21H25N3O3S3/c25-30(26,27-18-10-5-2-6-11-18)15-14-29-21-23-22-20(16-19-12-7-13-28-19)24(21)17-8-3-1-4-9-17/h2,5-7,10-13,17H,1,3-4,8-9,14-16H2. The van der Waals surface area contributed by atoms with Crippen molar-refractivity contribution in [1.29, 1.82) is 0 Å². The minimum absolute atomic E-state index is 0.0790. The molecule has 1 aliphatic rings. The van der Waals surface area contributed by atoms with Gasteiger partial charge in [-0.05, 0) is 36.4 Å². The van der Waals surface area contributed by atoms with Crippen LogP contribution in [0.5, 0.6) is 5.75 Å². The van der Waals surface area contributed by atoms with Crippen molar-refractivity contribution in [3.63, 3.8) is 0 Å². The average Bonchev–Trinajstić information content (AvgIpc) is 3.39. The predicted molar refractivity (Wildman–Crippen MR) is 121 cm³/mol. The minimum atomic E-state index is -3.65. The average molecular weight is 464 g/mol. The van der Waals surface area contributed by atoms with Crippen molar-refractivity contribution < 1.29 is 12.6 Å². The lowest BCUT2D eigenvalue weighted by atomic mass is 9.95. The molecule has 0 saturated heterocycles. The lowest BCUT2D eigenvalue weighted by Crippen LogP contribution is -2.18. The summed E-state index contributed by atoms with van der Waals surface area (Å²) in [6.07, 6.45) is 6.71. The SMILES string of the molecule is O=S(=O)(CCSc1nnc(Cc2cccs2)n1C1CCCCC1)Oc1ccccc1. The highest BCUT2D eigenvalue weighted by atomic mass is 32.2. The number of rotatable bonds is 9. The minimum Gasteiger partial charge on any atom is -0.382 e. The first-order chi connectivity index (χ1) is 14.6. The Kier molecular flexibility index (Phi) is 7.12. The molecule has 2 aromatic heterocycles. The molecule has 9 heteroatoms. The van der Waals surface area contributed by atoms with Gasteiger partial charge >= 0.3 is 10.1 Å². The zero-order valence-corrected chi connectivity index (χ0v) is 19.1. The maximum absolute atomic E-state index is 12.3. The van der Waals surface area contributed by atoms with Gasteiger partial charge in [0, 0.05) is 23.1 Å². The van der Waals surface area contributed by atoms with Crippen LogP contribution < -0.4 is 4.18 Å². The molecule has 3 aromatic rings. The summed E-state index contributed by atoms with van der Waals surface area (Å²) in [5.41, 5.74) is 0. The van der Waals surface area contributed by atoms with Crippen LogP contribution in [-0.2, 0) is 16.5 Å². The molecule has 160 valence electrons. The van der Waals surface area contributed by atoms with Crippen molar-refractivity contribution in [3.05, 3.63) is 58.5 Å². The van der Waals surface area contributed by atoms with Gasteiger partial charge in [-0.3, -0.25) is 0 Å². The third-order valence-electron chi connectivity index (χ3n) is 5.12. The van der Waals surface area contributed by atoms with Gasteiger partial charge in [0.15, 0.2) is 5.16 Å². The summed E-state index contributed by atoms with van der Waals surface area (Å²) in [6.45, 7) is 0. The van der Waals surface area contributed by atoms with Gasteiger partial charge in [0.1, 0.15) is 11.6 Å². The largest absolute Gasteiger partial charge is 0.382 e. The first-order valence-corrected chi connectivity index (χ1v) is 13.6. The fourth-order valence-corrected chi connectivity index (χ4v) is 6.71. The smallest absolute Gasteiger partial charge is 0.310 e. The summed E-state index contributed by atoms with van der Waals surface area (Å²) < 4.78 is 32.1. The van der Waals surface area contributed by atoms with Crippen LogP contribution in [0, 0.1) is 0 Å². The fraction of sp³-hybridized carbons (Fsp3) is 0.429. The van der Waals surface area contributed by atoms with Crippen LogP contribution in [0.25, 0.3) is 0 Å². The maximum Gasteiger partial charge on any atom is 0.310 e. The summed E-state index contributed by atoms with van der Waals surface area (Å²) in [5, 5.41) is 11.8. The Labute approximate surface area is 185 Å². The van der Waals surface area contributed by atoms with E-state index in [0.717, 1.165) is 30.2 Å². The van der Waals surface area contributed by atoms with E-state index in [4.69, 9.17) is 4.18 Å². The summed E-state index contributed by atoms with van der Waals surface area (Å²) in [5.74, 6) is 1.60. The highest BCUT2D eigenvalue weighted by molar-refractivity contribution is 8.00. The van der Waals surface area contributed by atoms with E-state index in [1.165, 1.54) is 35.9 Å². The quantitative estimate of drug-likeness (QED) is 0.331. The van der Waals surface area contributed by atoms with Crippen molar-refractivity contribution in [3.8, 4) is 5.75 Å². The predicted octanol–water partition coefficient (Wildman–Crippen LogP) is 4.94. The Hall–Kier alpha value is -1.84. The number of nitrogens with zero attached hydrogens (tertiary/aromatic N) is 3. The van der Waals surface area contributed by atoms with E-state index >= 15 is 0 Å². The Morgan fingerprint density at radius 3 is 2.60 bits per heavy atom. The van der Waals surface area contributed by atoms with E-state index < -0.39 is 10.1 Å². The van der Waals surface area contributed by atoms with E-state index in [0.29, 0.717) is 17.5 Å². The summed E-state index contributed by atoms with van der Waals surface area (Å²) in [7, 11) is -3.65. The fourth-order valence-electron chi connectivity index (χ4n) is 3.70. The van der Waals surface area contributed by atoms with Gasteiger partial charge in [-0.25, -0.2) is 0 Å². The molecule has 0 aliphatic heterocycles. The Bertz CT molecular complexity index is 1030. The molecule has 0 N–H and O–H groups in total. The van der Waals surface area contributed by atoms with Gasteiger partial charge in [-0.2, -0.15) is 8.42 Å². The van der Waals surface area contributed by atoms with E-state index in [-0.39, 0.29) is 5.75 Å². The maximum atomic E-state index is 12.3. The van der Waals surface area contributed by atoms with Gasteiger partial charge in [-0.15, -0.1) is 21.5 Å². The molecule has 4 rings (SSSR count). The molecule has 6 nitrogen and oxygen atoms in total. The monoisotopic (exact) mass is 463 g/mol. The number of benzene rings is 1. The van der Waals surface area contributed by atoms with Gasteiger partial charge < -0.3 is 8.75 Å². The third-order valence-corrected chi connectivity index (χ3v) is 8.35. The van der Waals surface area contributed by atoms with Crippen LogP contribution in [0.1, 0.15) is 48.8 Å². The van der Waals surface area contributed by atoms with Crippen molar-refractivity contribution >= 4 is 33.2 Å². The molecule has 1 aromatic carbocycles. The van der Waals surface area contributed by atoms with E-state index in [1.807, 2.05) is 6.07 Å². The van der Waals surface area contributed by atoms with Gasteiger partial charge in [0.2, 0.25) is 0 Å². The van der Waals surface area contributed by atoms with Crippen molar-refractivity contribution in [1.82, 2.24) is 14.8 Å². The van der Waals surface area contributed by atoms with Crippen LogP contribution in [0.4, 0.5) is 0 Å². The zero-order valence-electron chi connectivity index (χ0n) is 16.6. The second-order valence-electron chi connectivity index (χ2n) is 7.32. The summed E-state index contributed by atoms with van der Waals surface area (Å²) in [6, 6.07) is 13.2. The second-order valence-corrected chi connectivity index (χ2v) is 11.1. The first kappa shape index (κ1) is 21.4. The first-order valence-electron chi connectivity index (χ1n) is 10.2. The number of thiophene rings is 1. The van der Waals surface area contributed by atoms with Gasteiger partial charge in [0.25, 0.3) is 0 Å². The number of thioether (sulfide) groups is 1. The summed E-state index contributed by atoms with van der Waals surface area (Å²) in [4.78, 5) is 1.26. The Morgan fingerprint density at radius 2 is 1.87 bits per heavy atom. The molecule has 0 atom stereocenters. The van der Waals surface area contributed by atoms with Gasteiger partial charge in [0.05, 0.1) is 5.75 Å². The van der Waals surface area contributed by atoms with Crippen molar-refractivity contribution in [2.45, 2.75) is 49.7 Å². The van der Waals surface area contributed by atoms with Crippen LogP contribution >= 0.6 is 23.1 Å². The molecule has 0 amide bonds. The molecule has 0 bridgehead atoms. The van der Waals surface area contributed by atoms with Crippen LogP contribution in [-0.4, -0.2) is 34.7 Å². The molecule has 1 saturated carbocycles. The third kappa shape index (κ3) is 5.65. The molecule has 1 fully saturated rings. The van der Waals surface area contributed by atoms with E-state index in [9.17, 15) is 8.42 Å². The molecular weight excluding hydrogens is 438 g/mol. The normalized spacial score (nSPS) is 15.3. The molecule has 0 unspecified atom stereocenters. The summed E-state index contributed by atoms with van der Waals surface area (Å²) >= 11 is 3.17. The highest BCUT2D eigenvalue weighted by Gasteiger charge is 2.24. The topological polar surface area (TPSA) is 74.1 Å². The van der Waals surface area contributed by atoms with Crippen LogP contribution in [0.15, 0.2) is 53.0 Å². The number of aromatic nitrogens is 3. The van der Waals surface area contributed by atoms with Gasteiger partial charge in [-0.1, -0.05) is 55.3 Å². The molecule has 1 aliphatic carbocycles. The number of hydrogen-bond acceptors (Lipinski definition) is 7. The number of para-hydroxylation sites is 1. The Balaban J connectivity index is 1.44. The lowest BCUT2D eigenvalue weighted by molar-refractivity contribution is 0.330. The highest BCUT2D eigenvalue weighted by Crippen LogP contribution is 2.33. The van der Waals surface area contributed by atoms with Crippen molar-refractivity contribution in [2.24, 2.45) is 0 Å². The lowest BCUT2D eigenvalue weighted by Gasteiger charge is -2.25. The molecular formula is C21H25N3O3S3.